The summed E-state index contributed by atoms with van der Waals surface area (Å²) in [7, 11) is -6.32. The molecule has 2 heterocycles. The lowest BCUT2D eigenvalue weighted by Gasteiger charge is -2.33. The first-order valence-corrected chi connectivity index (χ1v) is 16.3. The summed E-state index contributed by atoms with van der Waals surface area (Å²) in [5.74, 6) is 0.156. The van der Waals surface area contributed by atoms with E-state index in [2.05, 4.69) is 0 Å². The number of carbonyl (C=O) groups is 1. The van der Waals surface area contributed by atoms with Gasteiger partial charge in [0.25, 0.3) is 6.29 Å². The molecule has 1 fully saturated rings. The molecule has 0 aliphatic carbocycles. The molecule has 0 spiro atoms. The van der Waals surface area contributed by atoms with Crippen molar-refractivity contribution in [2.75, 3.05) is 0 Å². The highest BCUT2D eigenvalue weighted by molar-refractivity contribution is 7.87. The smallest absolute Gasteiger partial charge is 0.339 e. The molecule has 0 aromatic heterocycles. The molecule has 3 aromatic rings. The second-order valence-electron chi connectivity index (χ2n) is 9.64. The summed E-state index contributed by atoms with van der Waals surface area (Å²) in [6.45, 7) is 6.22. The molecule has 0 N–H and O–H groups in total. The first kappa shape index (κ1) is 24.4. The molecule has 0 radical (unpaired) electrons. The first-order chi connectivity index (χ1) is 17.1. The molecule has 8 nitrogen and oxygen atoms in total. The number of hydrogen-bond acceptors (Lipinski definition) is 8. The Hall–Kier alpha value is -3.34. The third-order valence-electron chi connectivity index (χ3n) is 5.69. The zero-order valence-electron chi connectivity index (χ0n) is 20.1. The summed E-state index contributed by atoms with van der Waals surface area (Å²) < 4.78 is 55.4. The van der Waals surface area contributed by atoms with Crippen LogP contribution in [0.1, 0.15) is 17.5 Å². The van der Waals surface area contributed by atoms with E-state index in [-0.39, 0.29) is 29.4 Å². The van der Waals surface area contributed by atoms with Crippen molar-refractivity contribution in [1.29, 1.82) is 0 Å². The standard InChI is InChI=1S/C26H26O8SSi/c1-36(2,3)34-26-16-23(27)32-25(26)31-22-15-19(33-35(28,29)20-12-8-5-9-13-20)14-21(24(22)26)30-17-18-10-6-4-7-11-18/h4-15,25H,16-17H2,1-3H3. The van der Waals surface area contributed by atoms with E-state index in [4.69, 9.17) is 22.8 Å². The number of benzene rings is 3. The average molecular weight is 527 g/mol. The van der Waals surface area contributed by atoms with Crippen LogP contribution in [0.5, 0.6) is 17.2 Å². The quantitative estimate of drug-likeness (QED) is 0.236. The molecule has 188 valence electrons. The normalized spacial score (nSPS) is 20.8. The zero-order valence-corrected chi connectivity index (χ0v) is 21.9. The van der Waals surface area contributed by atoms with E-state index in [0.717, 1.165) is 5.56 Å². The lowest BCUT2D eigenvalue weighted by Crippen LogP contribution is -2.44. The number of ether oxygens (including phenoxy) is 3. The first-order valence-electron chi connectivity index (χ1n) is 11.5. The molecule has 1 saturated heterocycles. The minimum absolute atomic E-state index is 0.00937. The van der Waals surface area contributed by atoms with E-state index in [1.807, 2.05) is 50.0 Å². The van der Waals surface area contributed by atoms with E-state index in [0.29, 0.717) is 11.3 Å². The number of hydrogen-bond donors (Lipinski definition) is 0. The maximum Gasteiger partial charge on any atom is 0.339 e. The van der Waals surface area contributed by atoms with E-state index < -0.39 is 36.3 Å². The Kier molecular flexibility index (Phi) is 6.06. The highest BCUT2D eigenvalue weighted by Crippen LogP contribution is 2.56. The summed E-state index contributed by atoms with van der Waals surface area (Å²) in [4.78, 5) is 12.4. The van der Waals surface area contributed by atoms with Gasteiger partial charge >= 0.3 is 16.1 Å². The molecule has 2 aliphatic rings. The molecular formula is C26H26O8SSi. The molecule has 2 aliphatic heterocycles. The number of carbonyl (C=O) groups excluding carboxylic acids is 1. The Morgan fingerprint density at radius 1 is 0.972 bits per heavy atom. The lowest BCUT2D eigenvalue weighted by atomic mass is 9.92. The number of esters is 1. The summed E-state index contributed by atoms with van der Waals surface area (Å²) in [5, 5.41) is 0. The van der Waals surface area contributed by atoms with E-state index >= 15 is 0 Å². The third-order valence-corrected chi connectivity index (χ3v) is 7.92. The molecule has 0 saturated carbocycles. The van der Waals surface area contributed by atoms with Crippen LogP contribution in [0.4, 0.5) is 0 Å². The summed E-state index contributed by atoms with van der Waals surface area (Å²) >= 11 is 0. The maximum absolute atomic E-state index is 12.9. The molecule has 2 atom stereocenters. The van der Waals surface area contributed by atoms with Crippen LogP contribution >= 0.6 is 0 Å². The van der Waals surface area contributed by atoms with E-state index in [1.165, 1.54) is 24.3 Å². The van der Waals surface area contributed by atoms with Gasteiger partial charge in [0.15, 0.2) is 13.9 Å². The van der Waals surface area contributed by atoms with E-state index in [9.17, 15) is 13.2 Å². The fourth-order valence-corrected chi connectivity index (χ4v) is 6.71. The molecule has 10 heteroatoms. The Morgan fingerprint density at radius 2 is 1.64 bits per heavy atom. The minimum Gasteiger partial charge on any atom is -0.488 e. The topological polar surface area (TPSA) is 97.4 Å². The van der Waals surface area contributed by atoms with Crippen molar-refractivity contribution in [3.05, 3.63) is 83.9 Å². The van der Waals surface area contributed by atoms with E-state index in [1.54, 1.807) is 18.2 Å². The van der Waals surface area contributed by atoms with Crippen molar-refractivity contribution >= 4 is 24.4 Å². The van der Waals surface area contributed by atoms with Crippen LogP contribution in [0, 0.1) is 0 Å². The predicted molar refractivity (Wildman–Crippen MR) is 133 cm³/mol. The monoisotopic (exact) mass is 526 g/mol. The largest absolute Gasteiger partial charge is 0.488 e. The predicted octanol–water partition coefficient (Wildman–Crippen LogP) is 4.75. The summed E-state index contributed by atoms with van der Waals surface area (Å²) in [6, 6.07) is 20.3. The Balaban J connectivity index is 1.59. The van der Waals surface area contributed by atoms with Crippen LogP contribution < -0.4 is 13.7 Å². The molecule has 0 bridgehead atoms. The molecule has 36 heavy (non-hydrogen) atoms. The highest BCUT2D eigenvalue weighted by Gasteiger charge is 2.62. The number of fused-ring (bicyclic) bond motifs is 3. The molecular weight excluding hydrogens is 500 g/mol. The van der Waals surface area contributed by atoms with Crippen LogP contribution in [0.3, 0.4) is 0 Å². The third kappa shape index (κ3) is 4.71. The van der Waals surface area contributed by atoms with Crippen molar-refractivity contribution in [3.8, 4) is 17.2 Å². The minimum atomic E-state index is -4.11. The maximum atomic E-state index is 12.9. The van der Waals surface area contributed by atoms with Gasteiger partial charge in [0.05, 0.1) is 12.0 Å². The van der Waals surface area contributed by atoms with Gasteiger partial charge in [-0.05, 0) is 37.3 Å². The molecule has 5 rings (SSSR count). The van der Waals surface area contributed by atoms with Crippen molar-refractivity contribution in [1.82, 2.24) is 0 Å². The molecule has 0 amide bonds. The molecule has 3 aromatic carbocycles. The second kappa shape index (κ2) is 8.95. The summed E-state index contributed by atoms with van der Waals surface area (Å²) in [6.07, 6.45) is -1.05. The van der Waals surface area contributed by atoms with Gasteiger partial charge in [-0.1, -0.05) is 48.5 Å². The van der Waals surface area contributed by atoms with Crippen molar-refractivity contribution in [3.63, 3.8) is 0 Å². The zero-order chi connectivity index (χ0) is 25.6. The fraction of sp³-hybridized carbons (Fsp3) is 0.269. The highest BCUT2D eigenvalue weighted by atomic mass is 32.2. The Bertz CT molecular complexity index is 1390. The van der Waals surface area contributed by atoms with Crippen molar-refractivity contribution < 1.29 is 36.0 Å². The van der Waals surface area contributed by atoms with Crippen LogP contribution in [-0.4, -0.2) is 29.0 Å². The SMILES string of the molecule is C[Si](C)(C)OC12CC(=O)OC1Oc1cc(OS(=O)(=O)c3ccccc3)cc(OCc3ccccc3)c12. The van der Waals surface area contributed by atoms with Gasteiger partial charge in [-0.15, -0.1) is 0 Å². The summed E-state index contributed by atoms with van der Waals surface area (Å²) in [5.41, 5.74) is 0.227. The van der Waals surface area contributed by atoms with Gasteiger partial charge in [-0.25, -0.2) is 0 Å². The Morgan fingerprint density at radius 3 is 2.31 bits per heavy atom. The van der Waals surface area contributed by atoms with Gasteiger partial charge in [0, 0.05) is 12.1 Å². The van der Waals surface area contributed by atoms with Crippen LogP contribution in [0.2, 0.25) is 19.6 Å². The van der Waals surface area contributed by atoms with Gasteiger partial charge < -0.3 is 22.8 Å². The second-order valence-corrected chi connectivity index (χ2v) is 15.6. The van der Waals surface area contributed by atoms with Crippen LogP contribution in [0.15, 0.2) is 77.7 Å². The van der Waals surface area contributed by atoms with Gasteiger partial charge in [0.2, 0.25) is 0 Å². The lowest BCUT2D eigenvalue weighted by molar-refractivity contribution is -0.157. The molecule has 2 unspecified atom stereocenters. The number of rotatable bonds is 8. The van der Waals surface area contributed by atoms with Crippen LogP contribution in [0.25, 0.3) is 0 Å². The van der Waals surface area contributed by atoms with Gasteiger partial charge in [0.1, 0.15) is 28.8 Å². The van der Waals surface area contributed by atoms with Crippen molar-refractivity contribution in [2.24, 2.45) is 0 Å². The van der Waals surface area contributed by atoms with Crippen molar-refractivity contribution in [2.45, 2.75) is 49.5 Å². The fourth-order valence-electron chi connectivity index (χ4n) is 4.41. The van der Waals surface area contributed by atoms with Gasteiger partial charge in [-0.2, -0.15) is 8.42 Å². The Labute approximate surface area is 211 Å². The van der Waals surface area contributed by atoms with Gasteiger partial charge in [-0.3, -0.25) is 4.79 Å². The van der Waals surface area contributed by atoms with Crippen LogP contribution in [-0.2, 0) is 36.3 Å². The average Bonchev–Trinajstić information content (AvgIpc) is 3.26.